The molecule has 21 heteroatoms. The van der Waals surface area contributed by atoms with Crippen LogP contribution in [0.1, 0.15) is 30.2 Å². The van der Waals surface area contributed by atoms with E-state index in [0.29, 0.717) is 17.6 Å². The maximum Gasteiger partial charge on any atom is 0.405 e. The van der Waals surface area contributed by atoms with E-state index in [1.54, 1.807) is 15.9 Å². The highest BCUT2D eigenvalue weighted by Gasteiger charge is 2.44. The number of hydrogen-bond acceptors (Lipinski definition) is 16. The SMILES string of the molecule is Nc1nc2c(ncn2C2CC(O)C(COP(=O)(NCCc3cccs3)OC3CC(n4cnc5c(N)ncnc54)OC3CO)O2)c(=O)[nH]1. The summed E-state index contributed by atoms with van der Waals surface area (Å²) in [6.07, 6.45) is -0.0548. The molecule has 0 aromatic carbocycles. The highest BCUT2D eigenvalue weighted by molar-refractivity contribution is 7.51. The molecular weight excluding hydrogens is 657 g/mol. The smallest absolute Gasteiger partial charge is 0.394 e. The van der Waals surface area contributed by atoms with Crippen molar-refractivity contribution in [1.82, 2.24) is 44.1 Å². The van der Waals surface area contributed by atoms with Gasteiger partial charge in [0.15, 0.2) is 22.6 Å². The van der Waals surface area contributed by atoms with E-state index >= 15 is 0 Å². The van der Waals surface area contributed by atoms with Gasteiger partial charge in [-0.3, -0.25) is 28.0 Å². The molecule has 0 amide bonds. The number of rotatable bonds is 12. The van der Waals surface area contributed by atoms with Gasteiger partial charge in [0.25, 0.3) is 5.56 Å². The second-order valence-electron chi connectivity index (χ2n) is 11.0. The summed E-state index contributed by atoms with van der Waals surface area (Å²) in [5.74, 6) is 0.118. The molecule has 8 N–H and O–H groups in total. The zero-order valence-electron chi connectivity index (χ0n) is 24.7. The number of aliphatic hydroxyl groups is 2. The van der Waals surface area contributed by atoms with Crippen LogP contribution in [0.4, 0.5) is 11.8 Å². The average molecular weight is 690 g/mol. The van der Waals surface area contributed by atoms with Crippen LogP contribution < -0.4 is 22.1 Å². The van der Waals surface area contributed by atoms with Crippen LogP contribution in [-0.4, -0.2) is 93.4 Å². The zero-order valence-corrected chi connectivity index (χ0v) is 26.4. The number of anilines is 2. The summed E-state index contributed by atoms with van der Waals surface area (Å²) in [5.41, 5.74) is 12.2. The van der Waals surface area contributed by atoms with Crippen LogP contribution >= 0.6 is 19.1 Å². The Morgan fingerprint density at radius 3 is 2.64 bits per heavy atom. The van der Waals surface area contributed by atoms with E-state index in [-0.39, 0.29) is 48.9 Å². The predicted octanol–water partition coefficient (Wildman–Crippen LogP) is 0.456. The van der Waals surface area contributed by atoms with Crippen molar-refractivity contribution in [2.24, 2.45) is 0 Å². The molecule has 2 aliphatic rings. The molecule has 5 aromatic rings. The van der Waals surface area contributed by atoms with Crippen molar-refractivity contribution < 1.29 is 33.3 Å². The molecule has 0 aliphatic carbocycles. The van der Waals surface area contributed by atoms with Gasteiger partial charge in [0, 0.05) is 24.3 Å². The largest absolute Gasteiger partial charge is 0.405 e. The molecule has 47 heavy (non-hydrogen) atoms. The van der Waals surface area contributed by atoms with E-state index in [4.69, 9.17) is 30.0 Å². The summed E-state index contributed by atoms with van der Waals surface area (Å²) in [4.78, 5) is 36.4. The van der Waals surface area contributed by atoms with Crippen LogP contribution in [0, 0.1) is 0 Å². The number of fused-ring (bicyclic) bond motifs is 2. The maximum atomic E-state index is 14.3. The number of H-pyrrole nitrogens is 1. The summed E-state index contributed by atoms with van der Waals surface area (Å²) in [5, 5.41) is 25.9. The molecule has 5 aromatic heterocycles. The van der Waals surface area contributed by atoms with Gasteiger partial charge in [0.2, 0.25) is 5.95 Å². The first-order valence-electron chi connectivity index (χ1n) is 14.7. The van der Waals surface area contributed by atoms with Crippen molar-refractivity contribution in [3.63, 3.8) is 0 Å². The minimum atomic E-state index is -4.10. The molecule has 7 unspecified atom stereocenters. The van der Waals surface area contributed by atoms with Crippen molar-refractivity contribution in [3.05, 3.63) is 51.7 Å². The Bertz CT molecular complexity index is 1970. The van der Waals surface area contributed by atoms with E-state index < -0.39 is 56.8 Å². The fraction of sp³-hybridized carbons (Fsp3) is 0.462. The topological polar surface area (TPSA) is 266 Å². The number of imidazole rings is 2. The van der Waals surface area contributed by atoms with Crippen LogP contribution in [0.15, 0.2) is 41.3 Å². The van der Waals surface area contributed by atoms with Crippen molar-refractivity contribution in [1.29, 1.82) is 0 Å². The number of thiophene rings is 1. The molecule has 7 heterocycles. The van der Waals surface area contributed by atoms with Crippen LogP contribution in [0.2, 0.25) is 0 Å². The lowest BCUT2D eigenvalue weighted by atomic mass is 10.2. The maximum absolute atomic E-state index is 14.3. The van der Waals surface area contributed by atoms with Gasteiger partial charge in [0.05, 0.1) is 32.0 Å². The van der Waals surface area contributed by atoms with E-state index in [2.05, 4.69) is 35.0 Å². The number of nitrogen functional groups attached to an aromatic ring is 2. The Hall–Kier alpha value is -3.85. The molecule has 250 valence electrons. The first-order valence-corrected chi connectivity index (χ1v) is 17.1. The second kappa shape index (κ2) is 13.0. The molecule has 19 nitrogen and oxygen atoms in total. The molecular formula is C26H32N11O8PS. The van der Waals surface area contributed by atoms with Gasteiger partial charge < -0.3 is 31.2 Å². The van der Waals surface area contributed by atoms with Crippen LogP contribution in [0.3, 0.4) is 0 Å². The normalized spacial score (nSPS) is 26.0. The van der Waals surface area contributed by atoms with Crippen LogP contribution in [-0.2, 0) is 29.5 Å². The highest BCUT2D eigenvalue weighted by atomic mass is 32.1. The fourth-order valence-corrected chi connectivity index (χ4v) is 7.89. The molecule has 7 rings (SSSR count). The number of ether oxygens (including phenoxy) is 2. The second-order valence-corrected chi connectivity index (χ2v) is 13.8. The number of nitrogens with two attached hydrogens (primary N) is 2. The number of aromatic nitrogens is 8. The molecule has 0 saturated carbocycles. The number of nitrogens with one attached hydrogen (secondary N) is 2. The number of hydrogen-bond donors (Lipinski definition) is 6. The van der Waals surface area contributed by atoms with E-state index in [0.717, 1.165) is 4.88 Å². The van der Waals surface area contributed by atoms with Gasteiger partial charge in [-0.15, -0.1) is 11.3 Å². The van der Waals surface area contributed by atoms with E-state index in [1.165, 1.54) is 23.5 Å². The summed E-state index contributed by atoms with van der Waals surface area (Å²) < 4.78 is 41.5. The quantitative estimate of drug-likeness (QED) is 0.0971. The lowest BCUT2D eigenvalue weighted by Gasteiger charge is -2.26. The fourth-order valence-electron chi connectivity index (χ4n) is 5.65. The van der Waals surface area contributed by atoms with Gasteiger partial charge in [0.1, 0.15) is 42.6 Å². The van der Waals surface area contributed by atoms with Crippen molar-refractivity contribution >= 4 is 53.2 Å². The molecule has 0 radical (unpaired) electrons. The number of aromatic amines is 1. The first kappa shape index (κ1) is 31.7. The molecule has 0 bridgehead atoms. The van der Waals surface area contributed by atoms with Crippen molar-refractivity contribution in [2.45, 2.75) is 56.1 Å². The molecule has 2 fully saturated rings. The molecule has 2 aliphatic heterocycles. The van der Waals surface area contributed by atoms with Crippen LogP contribution in [0.5, 0.6) is 0 Å². The van der Waals surface area contributed by atoms with Gasteiger partial charge in [-0.2, -0.15) is 4.98 Å². The minimum absolute atomic E-state index is 0.0694. The van der Waals surface area contributed by atoms with Gasteiger partial charge >= 0.3 is 7.75 Å². The lowest BCUT2D eigenvalue weighted by Crippen LogP contribution is -2.32. The predicted molar refractivity (Wildman–Crippen MR) is 167 cm³/mol. The Balaban J connectivity index is 1.07. The van der Waals surface area contributed by atoms with Gasteiger partial charge in [-0.25, -0.2) is 29.6 Å². The summed E-state index contributed by atoms with van der Waals surface area (Å²) >= 11 is 1.56. The third-order valence-electron chi connectivity index (χ3n) is 7.96. The Labute approximate surface area is 269 Å². The Morgan fingerprint density at radius 1 is 1.09 bits per heavy atom. The third-order valence-corrected chi connectivity index (χ3v) is 10.5. The monoisotopic (exact) mass is 689 g/mol. The third kappa shape index (κ3) is 6.39. The lowest BCUT2D eigenvalue weighted by molar-refractivity contribution is -0.0508. The average Bonchev–Trinajstić information content (AvgIpc) is 3.87. The Kier molecular flexibility index (Phi) is 8.76. The summed E-state index contributed by atoms with van der Waals surface area (Å²) in [6, 6.07) is 3.88. The van der Waals surface area contributed by atoms with E-state index in [1.807, 2.05) is 17.5 Å². The highest BCUT2D eigenvalue weighted by Crippen LogP contribution is 2.49. The molecule has 0 spiro atoms. The van der Waals surface area contributed by atoms with Gasteiger partial charge in [-0.1, -0.05) is 6.07 Å². The van der Waals surface area contributed by atoms with Gasteiger partial charge in [-0.05, 0) is 17.9 Å². The van der Waals surface area contributed by atoms with E-state index in [9.17, 15) is 19.6 Å². The minimum Gasteiger partial charge on any atom is -0.394 e. The summed E-state index contributed by atoms with van der Waals surface area (Å²) in [7, 11) is -4.10. The standard InChI is InChI=1S/C26H32N11O8PS/c27-22-20-23(30-10-29-22)36(11-31-20)19-7-15(16(8-38)43-19)45-46(41,33-4-3-13-2-1-5-47-13)42-9-17-14(39)6-18(44-17)37-12-32-21-24(37)34-26(28)35-25(21)40/h1-2,5,10-12,14-19,38-39H,3-4,6-9H2,(H,33,41)(H2,27,29,30)(H3,28,34,35,40). The van der Waals surface area contributed by atoms with Crippen LogP contribution in [0.25, 0.3) is 22.3 Å². The molecule has 2 saturated heterocycles. The van der Waals surface area contributed by atoms with Crippen molar-refractivity contribution in [3.8, 4) is 0 Å². The van der Waals surface area contributed by atoms with Crippen molar-refractivity contribution in [2.75, 3.05) is 31.2 Å². The first-order chi connectivity index (χ1) is 22.7. The Morgan fingerprint density at radius 2 is 1.85 bits per heavy atom. The number of aliphatic hydroxyl groups excluding tert-OH is 2. The number of nitrogens with zero attached hydrogens (tertiary/aromatic N) is 7. The zero-order chi connectivity index (χ0) is 32.7. The summed E-state index contributed by atoms with van der Waals surface area (Å²) in [6.45, 7) is -0.486. The molecule has 7 atom stereocenters.